The summed E-state index contributed by atoms with van der Waals surface area (Å²) in [5.74, 6) is 1.13. The van der Waals surface area contributed by atoms with Gasteiger partial charge >= 0.3 is 0 Å². The molecule has 0 bridgehead atoms. The second-order valence-electron chi connectivity index (χ2n) is 6.43. The van der Waals surface area contributed by atoms with Gasteiger partial charge in [0.15, 0.2) is 5.17 Å². The first-order valence-corrected chi connectivity index (χ1v) is 9.37. The molecule has 0 N–H and O–H groups in total. The predicted molar refractivity (Wildman–Crippen MR) is 109 cm³/mol. The number of nitrogens with zero attached hydrogens (tertiary/aromatic N) is 2. The molecule has 1 aliphatic rings. The first-order chi connectivity index (χ1) is 12.6. The number of carbonyl (C=O) groups is 1. The maximum Gasteiger partial charge on any atom is 0.266 e. The number of rotatable bonds is 5. The van der Waals surface area contributed by atoms with Crippen LogP contribution in [0.3, 0.4) is 0 Å². The van der Waals surface area contributed by atoms with E-state index in [2.05, 4.69) is 18.8 Å². The van der Waals surface area contributed by atoms with Crippen LogP contribution in [0.4, 0.5) is 5.69 Å². The molecule has 2 aromatic rings. The number of aliphatic imine (C=N–C) groups is 1. The molecular formula is C21H22N2O2S. The van der Waals surface area contributed by atoms with Crippen molar-refractivity contribution in [2.75, 3.05) is 13.7 Å². The highest BCUT2D eigenvalue weighted by molar-refractivity contribution is 8.18. The molecule has 1 heterocycles. The fourth-order valence-electron chi connectivity index (χ4n) is 2.61. The van der Waals surface area contributed by atoms with Crippen molar-refractivity contribution in [1.29, 1.82) is 0 Å². The molecule has 0 unspecified atom stereocenters. The van der Waals surface area contributed by atoms with Gasteiger partial charge in [-0.25, -0.2) is 4.99 Å². The van der Waals surface area contributed by atoms with Crippen molar-refractivity contribution >= 4 is 34.6 Å². The summed E-state index contributed by atoms with van der Waals surface area (Å²) < 4.78 is 5.26. The molecule has 0 spiro atoms. The summed E-state index contributed by atoms with van der Waals surface area (Å²) in [6.07, 6.45) is 1.90. The minimum atomic E-state index is 0.00111. The molecule has 3 rings (SSSR count). The second-order valence-corrected chi connectivity index (χ2v) is 7.44. The van der Waals surface area contributed by atoms with Crippen LogP contribution in [0.15, 0.2) is 64.5 Å². The van der Waals surface area contributed by atoms with Crippen LogP contribution in [0.1, 0.15) is 19.4 Å². The highest BCUT2D eigenvalue weighted by atomic mass is 32.2. The van der Waals surface area contributed by atoms with Crippen molar-refractivity contribution < 1.29 is 9.53 Å². The molecule has 1 saturated heterocycles. The molecule has 0 aromatic heterocycles. The van der Waals surface area contributed by atoms with Crippen molar-refractivity contribution in [2.45, 2.75) is 13.8 Å². The van der Waals surface area contributed by atoms with Gasteiger partial charge in [0.2, 0.25) is 0 Å². The number of ether oxygens (including phenoxy) is 1. The SMILES string of the molecule is COc1cccc(/C=C2/SC(=Nc3ccccc3)N(CC(C)C)C2=O)c1. The maximum atomic E-state index is 12.9. The van der Waals surface area contributed by atoms with E-state index in [1.807, 2.05) is 60.7 Å². The van der Waals surface area contributed by atoms with Crippen molar-refractivity contribution in [3.63, 3.8) is 0 Å². The van der Waals surface area contributed by atoms with Gasteiger partial charge in [-0.1, -0.05) is 44.2 Å². The van der Waals surface area contributed by atoms with Crippen molar-refractivity contribution in [3.8, 4) is 5.75 Å². The minimum absolute atomic E-state index is 0.00111. The van der Waals surface area contributed by atoms with E-state index in [1.54, 1.807) is 12.0 Å². The third kappa shape index (κ3) is 4.35. The number of amidine groups is 1. The van der Waals surface area contributed by atoms with E-state index in [-0.39, 0.29) is 5.91 Å². The lowest BCUT2D eigenvalue weighted by atomic mass is 10.2. The molecule has 1 amide bonds. The van der Waals surface area contributed by atoms with Crippen LogP contribution in [-0.4, -0.2) is 29.6 Å². The second kappa shape index (κ2) is 8.23. The Morgan fingerprint density at radius 3 is 2.62 bits per heavy atom. The first kappa shape index (κ1) is 18.3. The van der Waals surface area contributed by atoms with Crippen LogP contribution in [0.25, 0.3) is 6.08 Å². The molecular weight excluding hydrogens is 344 g/mol. The van der Waals surface area contributed by atoms with Gasteiger partial charge in [0, 0.05) is 6.54 Å². The number of hydrogen-bond acceptors (Lipinski definition) is 4. The summed E-state index contributed by atoms with van der Waals surface area (Å²) in [4.78, 5) is 20.1. The molecule has 134 valence electrons. The molecule has 0 saturated carbocycles. The summed E-state index contributed by atoms with van der Waals surface area (Å²) in [7, 11) is 1.64. The average molecular weight is 366 g/mol. The number of thioether (sulfide) groups is 1. The Morgan fingerprint density at radius 1 is 1.15 bits per heavy atom. The Bertz CT molecular complexity index is 844. The molecule has 2 aromatic carbocycles. The van der Waals surface area contributed by atoms with Crippen molar-refractivity contribution in [1.82, 2.24) is 4.90 Å². The number of hydrogen-bond donors (Lipinski definition) is 0. The summed E-state index contributed by atoms with van der Waals surface area (Å²) in [5.41, 5.74) is 1.78. The Kier molecular flexibility index (Phi) is 5.78. The number of para-hydroxylation sites is 1. The predicted octanol–water partition coefficient (Wildman–Crippen LogP) is 4.96. The van der Waals surface area contributed by atoms with E-state index in [1.165, 1.54) is 11.8 Å². The van der Waals surface area contributed by atoms with E-state index < -0.39 is 0 Å². The van der Waals surface area contributed by atoms with Gasteiger partial charge in [-0.05, 0) is 53.6 Å². The maximum absolute atomic E-state index is 12.9. The van der Waals surface area contributed by atoms with Gasteiger partial charge in [0.1, 0.15) is 5.75 Å². The van der Waals surface area contributed by atoms with Crippen molar-refractivity contribution in [2.24, 2.45) is 10.9 Å². The van der Waals surface area contributed by atoms with E-state index in [4.69, 9.17) is 4.74 Å². The van der Waals surface area contributed by atoms with Gasteiger partial charge in [0.25, 0.3) is 5.91 Å². The standard InChI is InChI=1S/C21H22N2O2S/c1-15(2)14-23-20(24)19(13-16-8-7-11-18(12-16)25-3)26-21(23)22-17-9-5-4-6-10-17/h4-13,15H,14H2,1-3H3/b19-13+,22-21?. The first-order valence-electron chi connectivity index (χ1n) is 8.56. The van der Waals surface area contributed by atoms with Crippen LogP contribution in [0.5, 0.6) is 5.75 Å². The Labute approximate surface area is 158 Å². The molecule has 4 nitrogen and oxygen atoms in total. The quantitative estimate of drug-likeness (QED) is 0.703. The number of benzene rings is 2. The lowest BCUT2D eigenvalue weighted by molar-refractivity contribution is -0.122. The third-order valence-electron chi connectivity index (χ3n) is 3.81. The molecule has 26 heavy (non-hydrogen) atoms. The van der Waals surface area contributed by atoms with Gasteiger partial charge in [-0.3, -0.25) is 9.69 Å². The highest BCUT2D eigenvalue weighted by Crippen LogP contribution is 2.34. The molecule has 5 heteroatoms. The van der Waals surface area contributed by atoms with Gasteiger partial charge in [-0.15, -0.1) is 0 Å². The number of amides is 1. The fourth-order valence-corrected chi connectivity index (χ4v) is 3.62. The summed E-state index contributed by atoms with van der Waals surface area (Å²) in [6, 6.07) is 17.4. The summed E-state index contributed by atoms with van der Waals surface area (Å²) in [6.45, 7) is 4.84. The fraction of sp³-hybridized carbons (Fsp3) is 0.238. The van der Waals surface area contributed by atoms with Crippen LogP contribution in [0, 0.1) is 5.92 Å². The van der Waals surface area contributed by atoms with E-state index in [0.29, 0.717) is 17.4 Å². The molecule has 0 radical (unpaired) electrons. The van der Waals surface area contributed by atoms with Crippen LogP contribution < -0.4 is 4.74 Å². The third-order valence-corrected chi connectivity index (χ3v) is 4.81. The van der Waals surface area contributed by atoms with Crippen LogP contribution in [0.2, 0.25) is 0 Å². The van der Waals surface area contributed by atoms with Crippen LogP contribution >= 0.6 is 11.8 Å². The van der Waals surface area contributed by atoms with Gasteiger partial charge in [0.05, 0.1) is 17.7 Å². The topological polar surface area (TPSA) is 41.9 Å². The van der Waals surface area contributed by atoms with E-state index in [9.17, 15) is 4.79 Å². The Morgan fingerprint density at radius 2 is 1.92 bits per heavy atom. The zero-order chi connectivity index (χ0) is 18.5. The largest absolute Gasteiger partial charge is 0.497 e. The van der Waals surface area contributed by atoms with Gasteiger partial charge < -0.3 is 4.74 Å². The number of carbonyl (C=O) groups excluding carboxylic acids is 1. The summed E-state index contributed by atoms with van der Waals surface area (Å²) >= 11 is 1.42. The minimum Gasteiger partial charge on any atom is -0.497 e. The lowest BCUT2D eigenvalue weighted by Crippen LogP contribution is -2.32. The summed E-state index contributed by atoms with van der Waals surface area (Å²) in [5, 5.41) is 0.726. The van der Waals surface area contributed by atoms with Crippen molar-refractivity contribution in [3.05, 3.63) is 65.1 Å². The monoisotopic (exact) mass is 366 g/mol. The molecule has 1 fully saturated rings. The zero-order valence-corrected chi connectivity index (χ0v) is 16.0. The number of methoxy groups -OCH3 is 1. The molecule has 1 aliphatic heterocycles. The zero-order valence-electron chi connectivity index (χ0n) is 15.2. The Balaban J connectivity index is 1.94. The van der Waals surface area contributed by atoms with E-state index in [0.717, 1.165) is 22.2 Å². The lowest BCUT2D eigenvalue weighted by Gasteiger charge is -2.17. The highest BCUT2D eigenvalue weighted by Gasteiger charge is 2.33. The average Bonchev–Trinajstić information content (AvgIpc) is 2.91. The smallest absolute Gasteiger partial charge is 0.266 e. The normalized spacial score (nSPS) is 17.5. The Hall–Kier alpha value is -2.53. The van der Waals surface area contributed by atoms with Gasteiger partial charge in [-0.2, -0.15) is 0 Å². The molecule has 0 aliphatic carbocycles. The molecule has 0 atom stereocenters. The van der Waals surface area contributed by atoms with E-state index >= 15 is 0 Å². The van der Waals surface area contributed by atoms with Crippen LogP contribution in [-0.2, 0) is 4.79 Å².